The maximum absolute atomic E-state index is 12.5. The van der Waals surface area contributed by atoms with Crippen LogP contribution in [0.5, 0.6) is 0 Å². The van der Waals surface area contributed by atoms with Gasteiger partial charge in [0.1, 0.15) is 0 Å². The van der Waals surface area contributed by atoms with Gasteiger partial charge in [-0.3, -0.25) is 14.5 Å². The van der Waals surface area contributed by atoms with Gasteiger partial charge in [0.05, 0.1) is 6.04 Å². The molecule has 0 aliphatic carbocycles. The number of anilines is 1. The second-order valence-corrected chi connectivity index (χ2v) is 7.27. The standard InChI is InChI=1S/C16H24N4O2S/c1-11(15(22)18-16-17-7-10-23-16)19-8-3-5-13(19)14-6-4-9-20(14)12(2)21/h7,10-11,13-14H,3-6,8-9H2,1-2H3,(H,17,18,22). The van der Waals surface area contributed by atoms with E-state index in [0.29, 0.717) is 11.2 Å². The van der Waals surface area contributed by atoms with Gasteiger partial charge in [-0.25, -0.2) is 4.98 Å². The molecule has 7 heteroatoms. The molecule has 3 atom stereocenters. The number of likely N-dealkylation sites (tertiary alicyclic amines) is 2. The Balaban J connectivity index is 1.68. The van der Waals surface area contributed by atoms with Crippen LogP contribution in [0, 0.1) is 0 Å². The molecular formula is C16H24N4O2S. The molecular weight excluding hydrogens is 312 g/mol. The maximum Gasteiger partial charge on any atom is 0.243 e. The lowest BCUT2D eigenvalue weighted by Crippen LogP contribution is -2.53. The van der Waals surface area contributed by atoms with Gasteiger partial charge in [0, 0.05) is 37.1 Å². The molecule has 0 saturated carbocycles. The molecule has 3 unspecified atom stereocenters. The van der Waals surface area contributed by atoms with Crippen molar-refractivity contribution in [3.63, 3.8) is 0 Å². The van der Waals surface area contributed by atoms with Gasteiger partial charge in [0.2, 0.25) is 11.8 Å². The van der Waals surface area contributed by atoms with E-state index >= 15 is 0 Å². The Morgan fingerprint density at radius 1 is 1.30 bits per heavy atom. The Morgan fingerprint density at radius 3 is 2.74 bits per heavy atom. The van der Waals surface area contributed by atoms with Crippen LogP contribution in [0.2, 0.25) is 0 Å². The summed E-state index contributed by atoms with van der Waals surface area (Å²) in [6.45, 7) is 5.37. The van der Waals surface area contributed by atoms with Crippen LogP contribution in [0.3, 0.4) is 0 Å². The molecule has 1 N–H and O–H groups in total. The van der Waals surface area contributed by atoms with Crippen molar-refractivity contribution in [2.45, 2.75) is 57.7 Å². The summed E-state index contributed by atoms with van der Waals surface area (Å²) in [7, 11) is 0. The highest BCUT2D eigenvalue weighted by Crippen LogP contribution is 2.31. The van der Waals surface area contributed by atoms with E-state index in [1.807, 2.05) is 17.2 Å². The second-order valence-electron chi connectivity index (χ2n) is 6.37. The fourth-order valence-electron chi connectivity index (χ4n) is 3.94. The van der Waals surface area contributed by atoms with Crippen molar-refractivity contribution >= 4 is 28.3 Å². The number of aromatic nitrogens is 1. The smallest absolute Gasteiger partial charge is 0.243 e. The Bertz CT molecular complexity index is 562. The maximum atomic E-state index is 12.5. The van der Waals surface area contributed by atoms with Crippen LogP contribution in [0.4, 0.5) is 5.13 Å². The number of thiazole rings is 1. The SMILES string of the molecule is CC(=O)N1CCCC1C1CCCN1C(C)C(=O)Nc1nccs1. The molecule has 2 aliphatic heterocycles. The van der Waals surface area contributed by atoms with Gasteiger partial charge in [0.15, 0.2) is 5.13 Å². The molecule has 2 saturated heterocycles. The molecule has 126 valence electrons. The minimum absolute atomic E-state index is 0.0146. The lowest BCUT2D eigenvalue weighted by molar-refractivity contribution is -0.131. The zero-order valence-corrected chi connectivity index (χ0v) is 14.5. The van der Waals surface area contributed by atoms with Gasteiger partial charge in [-0.1, -0.05) is 0 Å². The molecule has 0 aromatic carbocycles. The molecule has 3 heterocycles. The molecule has 0 spiro atoms. The van der Waals surface area contributed by atoms with Gasteiger partial charge in [-0.2, -0.15) is 0 Å². The van der Waals surface area contributed by atoms with Crippen molar-refractivity contribution in [3.8, 4) is 0 Å². The van der Waals surface area contributed by atoms with Crippen LogP contribution >= 0.6 is 11.3 Å². The summed E-state index contributed by atoms with van der Waals surface area (Å²) in [5, 5.41) is 5.38. The number of hydrogen-bond donors (Lipinski definition) is 1. The average molecular weight is 336 g/mol. The van der Waals surface area contributed by atoms with E-state index in [1.54, 1.807) is 13.1 Å². The summed E-state index contributed by atoms with van der Waals surface area (Å²) in [4.78, 5) is 32.7. The predicted octanol–water partition coefficient (Wildman–Crippen LogP) is 1.95. The number of amides is 2. The number of carbonyl (C=O) groups excluding carboxylic acids is 2. The largest absolute Gasteiger partial charge is 0.338 e. The highest BCUT2D eigenvalue weighted by atomic mass is 32.1. The van der Waals surface area contributed by atoms with Crippen LogP contribution in [0.25, 0.3) is 0 Å². The Kier molecular flexibility index (Phi) is 4.96. The summed E-state index contributed by atoms with van der Waals surface area (Å²) >= 11 is 1.43. The monoisotopic (exact) mass is 336 g/mol. The van der Waals surface area contributed by atoms with Crippen molar-refractivity contribution in [2.75, 3.05) is 18.4 Å². The van der Waals surface area contributed by atoms with Crippen molar-refractivity contribution in [1.29, 1.82) is 0 Å². The highest BCUT2D eigenvalue weighted by molar-refractivity contribution is 7.13. The minimum atomic E-state index is -0.208. The molecule has 6 nitrogen and oxygen atoms in total. The third-order valence-electron chi connectivity index (χ3n) is 5.03. The first-order valence-electron chi connectivity index (χ1n) is 8.31. The Labute approximate surface area is 140 Å². The highest BCUT2D eigenvalue weighted by Gasteiger charge is 2.41. The van der Waals surface area contributed by atoms with Crippen LogP contribution in [0.15, 0.2) is 11.6 Å². The van der Waals surface area contributed by atoms with Gasteiger partial charge < -0.3 is 10.2 Å². The topological polar surface area (TPSA) is 65.5 Å². The Morgan fingerprint density at radius 2 is 2.04 bits per heavy atom. The van der Waals surface area contributed by atoms with Crippen molar-refractivity contribution in [2.24, 2.45) is 0 Å². The number of nitrogens with zero attached hydrogens (tertiary/aromatic N) is 3. The first-order valence-corrected chi connectivity index (χ1v) is 9.19. The predicted molar refractivity (Wildman–Crippen MR) is 90.3 cm³/mol. The van der Waals surface area contributed by atoms with E-state index in [2.05, 4.69) is 15.2 Å². The lowest BCUT2D eigenvalue weighted by atomic mass is 10.0. The molecule has 1 aromatic rings. The van der Waals surface area contributed by atoms with Gasteiger partial charge >= 0.3 is 0 Å². The van der Waals surface area contributed by atoms with E-state index in [-0.39, 0.29) is 23.9 Å². The Hall–Kier alpha value is -1.47. The summed E-state index contributed by atoms with van der Waals surface area (Å²) < 4.78 is 0. The van der Waals surface area contributed by atoms with Crippen LogP contribution in [-0.4, -0.2) is 57.8 Å². The third-order valence-corrected chi connectivity index (χ3v) is 5.72. The molecule has 23 heavy (non-hydrogen) atoms. The van der Waals surface area contributed by atoms with Crippen molar-refractivity contribution < 1.29 is 9.59 Å². The number of rotatable bonds is 4. The molecule has 2 amide bonds. The van der Waals surface area contributed by atoms with Crippen LogP contribution in [0.1, 0.15) is 39.5 Å². The molecule has 0 radical (unpaired) electrons. The van der Waals surface area contributed by atoms with Gasteiger partial charge in [-0.05, 0) is 39.2 Å². The van der Waals surface area contributed by atoms with Crippen LogP contribution in [-0.2, 0) is 9.59 Å². The normalized spacial score (nSPS) is 26.4. The van der Waals surface area contributed by atoms with Crippen molar-refractivity contribution in [1.82, 2.24) is 14.8 Å². The summed E-state index contributed by atoms with van der Waals surface area (Å²) in [5.74, 6) is 0.137. The first-order chi connectivity index (χ1) is 11.1. The average Bonchev–Trinajstić information content (AvgIpc) is 3.26. The molecule has 0 bridgehead atoms. The zero-order valence-electron chi connectivity index (χ0n) is 13.7. The minimum Gasteiger partial charge on any atom is -0.338 e. The third kappa shape index (κ3) is 3.40. The van der Waals surface area contributed by atoms with E-state index in [1.165, 1.54) is 11.3 Å². The quantitative estimate of drug-likeness (QED) is 0.913. The fraction of sp³-hybridized carbons (Fsp3) is 0.688. The zero-order chi connectivity index (χ0) is 16.4. The summed E-state index contributed by atoms with van der Waals surface area (Å²) in [5.41, 5.74) is 0. The van der Waals surface area contributed by atoms with E-state index in [9.17, 15) is 9.59 Å². The second kappa shape index (κ2) is 6.97. The van der Waals surface area contributed by atoms with E-state index in [0.717, 1.165) is 38.8 Å². The van der Waals surface area contributed by atoms with Crippen LogP contribution < -0.4 is 5.32 Å². The molecule has 1 aromatic heterocycles. The fourth-order valence-corrected chi connectivity index (χ4v) is 4.47. The van der Waals surface area contributed by atoms with E-state index in [4.69, 9.17) is 0 Å². The number of nitrogens with one attached hydrogen (secondary N) is 1. The first kappa shape index (κ1) is 16.4. The van der Waals surface area contributed by atoms with Gasteiger partial charge in [-0.15, -0.1) is 11.3 Å². The summed E-state index contributed by atoms with van der Waals surface area (Å²) in [6, 6.07) is 0.337. The van der Waals surface area contributed by atoms with E-state index < -0.39 is 0 Å². The number of carbonyl (C=O) groups is 2. The molecule has 2 fully saturated rings. The summed E-state index contributed by atoms with van der Waals surface area (Å²) in [6.07, 6.45) is 5.94. The van der Waals surface area contributed by atoms with Gasteiger partial charge in [0.25, 0.3) is 0 Å². The lowest BCUT2D eigenvalue weighted by Gasteiger charge is -2.37. The molecule has 3 rings (SSSR count). The number of hydrogen-bond acceptors (Lipinski definition) is 5. The molecule has 2 aliphatic rings. The van der Waals surface area contributed by atoms with Crippen molar-refractivity contribution in [3.05, 3.63) is 11.6 Å².